The molecule has 0 unspecified atom stereocenters. The Morgan fingerprint density at radius 1 is 1.08 bits per heavy atom. The average molecular weight is 531 g/mol. The van der Waals surface area contributed by atoms with Crippen LogP contribution in [0, 0.1) is 10.8 Å². The van der Waals surface area contributed by atoms with Gasteiger partial charge in [-0.25, -0.2) is 4.98 Å². The monoisotopic (exact) mass is 530 g/mol. The summed E-state index contributed by atoms with van der Waals surface area (Å²) in [5.41, 5.74) is 9.91. The molecule has 6 rings (SSSR count). The van der Waals surface area contributed by atoms with E-state index in [0.29, 0.717) is 31.2 Å². The van der Waals surface area contributed by atoms with E-state index in [4.69, 9.17) is 26.0 Å². The highest BCUT2D eigenvalue weighted by Crippen LogP contribution is 2.45. The SMILES string of the molecule is N=C(N)OC(=N)c1nc(C2CC2)sc1N1CCOCC1.O=C1CC=C(c2ccccc2)c2ccccc2N1. The van der Waals surface area contributed by atoms with Gasteiger partial charge >= 0.3 is 0 Å². The zero-order valence-electron chi connectivity index (χ0n) is 20.9. The molecule has 1 aromatic heterocycles. The molecular weight excluding hydrogens is 500 g/mol. The number of para-hydroxylation sites is 1. The van der Waals surface area contributed by atoms with Gasteiger partial charge in [0.2, 0.25) is 11.8 Å². The van der Waals surface area contributed by atoms with Crippen molar-refractivity contribution in [1.82, 2.24) is 4.98 Å². The van der Waals surface area contributed by atoms with Gasteiger partial charge in [0.15, 0.2) is 5.69 Å². The number of morpholine rings is 1. The third kappa shape index (κ3) is 6.09. The Balaban J connectivity index is 0.000000156. The third-order valence-electron chi connectivity index (χ3n) is 6.35. The number of nitrogens with zero attached hydrogens (tertiary/aromatic N) is 2. The zero-order valence-corrected chi connectivity index (χ0v) is 21.7. The summed E-state index contributed by atoms with van der Waals surface area (Å²) in [6.07, 6.45) is 4.74. The lowest BCUT2D eigenvalue weighted by Crippen LogP contribution is -2.36. The highest BCUT2D eigenvalue weighted by Gasteiger charge is 2.31. The molecule has 38 heavy (non-hydrogen) atoms. The molecule has 2 aromatic carbocycles. The van der Waals surface area contributed by atoms with Gasteiger partial charge in [0.05, 0.1) is 18.2 Å². The van der Waals surface area contributed by atoms with Crippen LogP contribution in [0.5, 0.6) is 0 Å². The molecule has 0 bridgehead atoms. The number of rotatable bonds is 4. The summed E-state index contributed by atoms with van der Waals surface area (Å²) < 4.78 is 10.3. The van der Waals surface area contributed by atoms with E-state index in [1.165, 1.54) is 0 Å². The number of carbonyl (C=O) groups is 1. The highest BCUT2D eigenvalue weighted by atomic mass is 32.1. The number of nitrogens with two attached hydrogens (primary N) is 1. The number of ether oxygens (including phenoxy) is 2. The van der Waals surface area contributed by atoms with Gasteiger partial charge in [-0.3, -0.25) is 15.6 Å². The van der Waals surface area contributed by atoms with Crippen LogP contribution < -0.4 is 16.0 Å². The maximum Gasteiger partial charge on any atom is 0.286 e. The average Bonchev–Trinajstić information content (AvgIpc) is 3.71. The van der Waals surface area contributed by atoms with Gasteiger partial charge in [0, 0.05) is 36.7 Å². The van der Waals surface area contributed by atoms with Gasteiger partial charge in [-0.05, 0) is 30.0 Å². The van der Waals surface area contributed by atoms with E-state index >= 15 is 0 Å². The summed E-state index contributed by atoms with van der Waals surface area (Å²) in [7, 11) is 0. The molecule has 2 aliphatic heterocycles. The minimum atomic E-state index is -0.483. The molecule has 3 heterocycles. The van der Waals surface area contributed by atoms with Crippen LogP contribution in [0.3, 0.4) is 0 Å². The summed E-state index contributed by atoms with van der Waals surface area (Å²) >= 11 is 1.62. The van der Waals surface area contributed by atoms with Crippen LogP contribution in [0.15, 0.2) is 60.7 Å². The first-order valence-electron chi connectivity index (χ1n) is 12.6. The Bertz CT molecular complexity index is 1360. The highest BCUT2D eigenvalue weighted by molar-refractivity contribution is 7.16. The second-order valence-corrected chi connectivity index (χ2v) is 10.2. The Kier molecular flexibility index (Phi) is 7.81. The van der Waals surface area contributed by atoms with Gasteiger partial charge < -0.3 is 25.4 Å². The molecular formula is C28H30N6O3S. The van der Waals surface area contributed by atoms with Crippen molar-refractivity contribution in [2.24, 2.45) is 5.73 Å². The summed E-state index contributed by atoms with van der Waals surface area (Å²) in [6.45, 7) is 2.92. The van der Waals surface area contributed by atoms with E-state index in [1.807, 2.05) is 48.5 Å². The fourth-order valence-corrected chi connectivity index (χ4v) is 5.63. The summed E-state index contributed by atoms with van der Waals surface area (Å²) in [6, 6.07) is 17.6. The number of thiazole rings is 1. The summed E-state index contributed by atoms with van der Waals surface area (Å²) in [5.74, 6) is 0.411. The lowest BCUT2D eigenvalue weighted by atomic mass is 9.96. The van der Waals surface area contributed by atoms with Crippen LogP contribution in [-0.4, -0.2) is 49.1 Å². The first-order valence-corrected chi connectivity index (χ1v) is 13.4. The lowest BCUT2D eigenvalue weighted by molar-refractivity contribution is -0.115. The predicted molar refractivity (Wildman–Crippen MR) is 150 cm³/mol. The molecule has 5 N–H and O–H groups in total. The third-order valence-corrected chi connectivity index (χ3v) is 7.62. The molecule has 3 aliphatic rings. The molecule has 2 fully saturated rings. The molecule has 1 aliphatic carbocycles. The topological polar surface area (TPSA) is 137 Å². The standard InChI is InChI=1S/C16H13NO.C12H17N5O2S/c18-16-11-10-13(12-6-2-1-3-7-12)14-8-4-5-9-15(14)17-16;13-9(19-12(14)15)8-11(17-3-5-18-6-4-17)20-10(16-8)7-1-2-7/h1-10H,11H2,(H,17,18);7,13H,1-6H2,(H3,14,15). The fraction of sp³-hybridized carbons (Fsp3) is 0.286. The van der Waals surface area contributed by atoms with Crippen molar-refractivity contribution in [3.63, 3.8) is 0 Å². The van der Waals surface area contributed by atoms with E-state index < -0.39 is 6.02 Å². The van der Waals surface area contributed by atoms with Gasteiger partial charge in [0.25, 0.3) is 6.02 Å². The Hall–Kier alpha value is -4.02. The molecule has 1 saturated heterocycles. The minimum absolute atomic E-state index is 0.0355. The van der Waals surface area contributed by atoms with Gasteiger partial charge in [-0.1, -0.05) is 54.6 Å². The van der Waals surface area contributed by atoms with E-state index in [0.717, 1.165) is 58.3 Å². The number of hydrogen-bond donors (Lipinski definition) is 4. The van der Waals surface area contributed by atoms with Gasteiger partial charge in [0.1, 0.15) is 5.00 Å². The first-order chi connectivity index (χ1) is 18.5. The maximum absolute atomic E-state index is 11.7. The molecule has 196 valence electrons. The predicted octanol–water partition coefficient (Wildman–Crippen LogP) is 4.55. The molecule has 0 radical (unpaired) electrons. The van der Waals surface area contributed by atoms with Crippen LogP contribution in [0.1, 0.15) is 47.0 Å². The number of nitrogens with one attached hydrogen (secondary N) is 3. The fourth-order valence-electron chi connectivity index (χ4n) is 4.34. The number of amidine groups is 1. The van der Waals surface area contributed by atoms with E-state index in [9.17, 15) is 4.79 Å². The van der Waals surface area contributed by atoms with Crippen LogP contribution in [0.2, 0.25) is 0 Å². The van der Waals surface area contributed by atoms with Crippen molar-refractivity contribution in [2.75, 3.05) is 36.5 Å². The second-order valence-electron chi connectivity index (χ2n) is 9.16. The van der Waals surface area contributed by atoms with Gasteiger partial charge in [-0.2, -0.15) is 0 Å². The zero-order chi connectivity index (χ0) is 26.5. The Morgan fingerprint density at radius 3 is 2.50 bits per heavy atom. The summed E-state index contributed by atoms with van der Waals surface area (Å²) in [5, 5.41) is 20.0. The van der Waals surface area contributed by atoms with Crippen LogP contribution in [-0.2, 0) is 14.3 Å². The molecule has 10 heteroatoms. The number of hydrogen-bond acceptors (Lipinski definition) is 8. The van der Waals surface area contributed by atoms with Crippen molar-refractivity contribution in [1.29, 1.82) is 10.8 Å². The quantitative estimate of drug-likeness (QED) is 0.288. The Labute approximate surface area is 225 Å². The maximum atomic E-state index is 11.7. The number of fused-ring (bicyclic) bond motifs is 1. The van der Waals surface area contributed by atoms with Crippen molar-refractivity contribution in [2.45, 2.75) is 25.2 Å². The van der Waals surface area contributed by atoms with E-state index in [-0.39, 0.29) is 11.8 Å². The number of anilines is 2. The molecule has 0 spiro atoms. The number of aromatic nitrogens is 1. The van der Waals surface area contributed by atoms with Crippen LogP contribution >= 0.6 is 11.3 Å². The van der Waals surface area contributed by atoms with Gasteiger partial charge in [-0.15, -0.1) is 11.3 Å². The molecule has 1 saturated carbocycles. The molecule has 3 aromatic rings. The van der Waals surface area contributed by atoms with Crippen LogP contribution in [0.25, 0.3) is 5.57 Å². The molecule has 0 atom stereocenters. The number of carbonyl (C=O) groups excluding carboxylic acids is 1. The normalized spacial score (nSPS) is 16.7. The Morgan fingerprint density at radius 2 is 1.79 bits per heavy atom. The molecule has 1 amide bonds. The lowest BCUT2D eigenvalue weighted by Gasteiger charge is -2.27. The first kappa shape index (κ1) is 25.6. The van der Waals surface area contributed by atoms with Crippen LogP contribution in [0.4, 0.5) is 10.7 Å². The van der Waals surface area contributed by atoms with Crippen molar-refractivity contribution in [3.05, 3.63) is 82.5 Å². The second kappa shape index (κ2) is 11.6. The largest absolute Gasteiger partial charge is 0.405 e. The van der Waals surface area contributed by atoms with E-state index in [2.05, 4.69) is 27.3 Å². The van der Waals surface area contributed by atoms with Crippen molar-refractivity contribution in [3.8, 4) is 0 Å². The number of benzene rings is 2. The minimum Gasteiger partial charge on any atom is -0.405 e. The van der Waals surface area contributed by atoms with Crippen molar-refractivity contribution >= 4 is 45.4 Å². The number of amides is 1. The van der Waals surface area contributed by atoms with E-state index in [1.54, 1.807) is 11.3 Å². The molecule has 9 nitrogen and oxygen atoms in total. The van der Waals surface area contributed by atoms with Crippen molar-refractivity contribution < 1.29 is 14.3 Å². The smallest absolute Gasteiger partial charge is 0.286 e. The summed E-state index contributed by atoms with van der Waals surface area (Å²) in [4.78, 5) is 18.4.